The highest BCUT2D eigenvalue weighted by Crippen LogP contribution is 2.12. The van der Waals surface area contributed by atoms with Gasteiger partial charge in [-0.3, -0.25) is 0 Å². The predicted octanol–water partition coefficient (Wildman–Crippen LogP) is 3.28. The van der Waals surface area contributed by atoms with Crippen molar-refractivity contribution in [1.82, 2.24) is 0 Å². The van der Waals surface area contributed by atoms with Crippen LogP contribution in [0.3, 0.4) is 0 Å². The Balaban J connectivity index is 3.07. The molecule has 0 aromatic rings. The van der Waals surface area contributed by atoms with E-state index in [1.165, 1.54) is 5.54 Å². The number of rotatable bonds is 4. The second-order valence-electron chi connectivity index (χ2n) is 1.30. The topological polar surface area (TPSA) is 0 Å². The van der Waals surface area contributed by atoms with Crippen molar-refractivity contribution in [3.63, 3.8) is 0 Å². The maximum atomic E-state index is 5.57. The molecule has 0 radical (unpaired) electrons. The van der Waals surface area contributed by atoms with Gasteiger partial charge in [-0.1, -0.05) is 23.2 Å². The Morgan fingerprint density at radius 1 is 1.56 bits per heavy atom. The largest absolute Gasteiger partial charge is 0.155 e. The lowest BCUT2D eigenvalue weighted by atomic mass is 10.7. The highest BCUT2D eigenvalue weighted by Gasteiger charge is 1.90. The van der Waals surface area contributed by atoms with E-state index in [1.54, 1.807) is 11.8 Å². The van der Waals surface area contributed by atoms with E-state index in [2.05, 4.69) is 0 Å². The molecule has 0 spiro atoms. The van der Waals surface area contributed by atoms with Crippen molar-refractivity contribution in [1.29, 1.82) is 0 Å². The van der Waals surface area contributed by atoms with Gasteiger partial charge >= 0.3 is 0 Å². The van der Waals surface area contributed by atoms with Gasteiger partial charge in [0.05, 0.1) is 0 Å². The van der Waals surface area contributed by atoms with Crippen LogP contribution in [-0.2, 0) is 0 Å². The molecule has 0 bridgehead atoms. The Morgan fingerprint density at radius 2 is 2.22 bits per heavy atom. The molecule has 0 N–H and O–H groups in total. The number of hydrogen-bond donors (Lipinski definition) is 0. The maximum absolute atomic E-state index is 5.57. The van der Waals surface area contributed by atoms with Crippen LogP contribution in [0, 0.1) is 0 Å². The van der Waals surface area contributed by atoms with E-state index < -0.39 is 0 Å². The summed E-state index contributed by atoms with van der Waals surface area (Å²) in [7, 11) is 0. The lowest BCUT2D eigenvalue weighted by Crippen LogP contribution is -1.82. The summed E-state index contributed by atoms with van der Waals surface area (Å²) in [6, 6.07) is 0. The standard InChI is InChI=1S/C5H7Cl3S/c6-1-2-9-4-5(8)3-7/h3H,1-2,4H2/b5-3-. The molecule has 9 heavy (non-hydrogen) atoms. The Labute approximate surface area is 74.5 Å². The van der Waals surface area contributed by atoms with Crippen LogP contribution in [0.4, 0.5) is 0 Å². The minimum absolute atomic E-state index is 0.664. The summed E-state index contributed by atoms with van der Waals surface area (Å²) >= 11 is 17.9. The fourth-order valence-electron chi connectivity index (χ4n) is 0.256. The first-order valence-corrected chi connectivity index (χ1v) is 4.90. The third-order valence-corrected chi connectivity index (χ3v) is 2.78. The molecule has 0 saturated heterocycles. The van der Waals surface area contributed by atoms with Gasteiger partial charge in [0.15, 0.2) is 0 Å². The molecule has 0 aliphatic rings. The lowest BCUT2D eigenvalue weighted by Gasteiger charge is -1.93. The van der Waals surface area contributed by atoms with E-state index >= 15 is 0 Å². The molecular weight excluding hydrogens is 198 g/mol. The zero-order valence-electron chi connectivity index (χ0n) is 4.74. The Hall–Kier alpha value is 0.960. The van der Waals surface area contributed by atoms with Gasteiger partial charge in [-0.25, -0.2) is 0 Å². The average Bonchev–Trinajstić information content (AvgIpc) is 1.89. The number of alkyl halides is 1. The molecule has 0 fully saturated rings. The second-order valence-corrected chi connectivity index (χ2v) is 3.48. The third kappa shape index (κ3) is 6.85. The molecule has 0 unspecified atom stereocenters. The summed E-state index contributed by atoms with van der Waals surface area (Å²) in [6.07, 6.45) is 0. The van der Waals surface area contributed by atoms with E-state index in [1.807, 2.05) is 0 Å². The van der Waals surface area contributed by atoms with Crippen LogP contribution in [0.15, 0.2) is 10.6 Å². The van der Waals surface area contributed by atoms with Gasteiger partial charge in [0.2, 0.25) is 0 Å². The van der Waals surface area contributed by atoms with Gasteiger partial charge in [0.25, 0.3) is 0 Å². The van der Waals surface area contributed by atoms with Crippen LogP contribution in [0.5, 0.6) is 0 Å². The molecule has 0 saturated carbocycles. The molecule has 0 heterocycles. The monoisotopic (exact) mass is 204 g/mol. The smallest absolute Gasteiger partial charge is 0.0392 e. The molecule has 0 nitrogen and oxygen atoms in total. The van der Waals surface area contributed by atoms with Crippen LogP contribution < -0.4 is 0 Å². The van der Waals surface area contributed by atoms with Crippen molar-refractivity contribution >= 4 is 46.6 Å². The molecule has 0 amide bonds. The molecule has 0 aromatic carbocycles. The van der Waals surface area contributed by atoms with Crippen molar-refractivity contribution in [3.8, 4) is 0 Å². The van der Waals surface area contributed by atoms with Crippen molar-refractivity contribution in [2.75, 3.05) is 17.4 Å². The summed E-state index contributed by atoms with van der Waals surface area (Å²) in [5.41, 5.74) is 1.38. The van der Waals surface area contributed by atoms with E-state index in [4.69, 9.17) is 34.8 Å². The summed E-state index contributed by atoms with van der Waals surface area (Å²) in [6.45, 7) is 0. The zero-order valence-corrected chi connectivity index (χ0v) is 7.83. The van der Waals surface area contributed by atoms with Crippen LogP contribution >= 0.6 is 46.6 Å². The highest BCUT2D eigenvalue weighted by atomic mass is 35.5. The molecule has 54 valence electrons. The minimum atomic E-state index is 0.664. The van der Waals surface area contributed by atoms with Gasteiger partial charge < -0.3 is 0 Å². The molecule has 0 rings (SSSR count). The zero-order chi connectivity index (χ0) is 7.11. The lowest BCUT2D eigenvalue weighted by molar-refractivity contribution is 1.52. The van der Waals surface area contributed by atoms with Gasteiger partial charge in [-0.15, -0.1) is 11.6 Å². The van der Waals surface area contributed by atoms with Crippen molar-refractivity contribution in [2.24, 2.45) is 0 Å². The number of hydrogen-bond acceptors (Lipinski definition) is 1. The minimum Gasteiger partial charge on any atom is -0.155 e. The quantitative estimate of drug-likeness (QED) is 0.501. The fourth-order valence-corrected chi connectivity index (χ4v) is 1.51. The Kier molecular flexibility index (Phi) is 7.83. The summed E-state index contributed by atoms with van der Waals surface area (Å²) in [5.74, 6) is 2.34. The maximum Gasteiger partial charge on any atom is 0.0392 e. The highest BCUT2D eigenvalue weighted by molar-refractivity contribution is 7.99. The normalized spacial score (nSPS) is 12.1. The summed E-state index contributed by atoms with van der Waals surface area (Å²) < 4.78 is 0. The summed E-state index contributed by atoms with van der Waals surface area (Å²) in [5, 5.41) is 0.673. The van der Waals surface area contributed by atoms with Gasteiger partial charge in [-0.05, 0) is 0 Å². The SMILES string of the molecule is Cl/C=C(\Cl)CSCCCl. The Bertz CT molecular complexity index is 92.2. The average molecular weight is 206 g/mol. The van der Waals surface area contributed by atoms with Crippen LogP contribution in [0.25, 0.3) is 0 Å². The van der Waals surface area contributed by atoms with E-state index in [0.717, 1.165) is 11.5 Å². The van der Waals surface area contributed by atoms with Crippen molar-refractivity contribution in [2.45, 2.75) is 0 Å². The van der Waals surface area contributed by atoms with Crippen LogP contribution in [0.1, 0.15) is 0 Å². The van der Waals surface area contributed by atoms with Crippen molar-refractivity contribution in [3.05, 3.63) is 10.6 Å². The van der Waals surface area contributed by atoms with Gasteiger partial charge in [0, 0.05) is 28.0 Å². The molecular formula is C5H7Cl3S. The molecule has 0 aliphatic carbocycles. The number of thioether (sulfide) groups is 1. The molecule has 4 heteroatoms. The Morgan fingerprint density at radius 3 is 2.67 bits per heavy atom. The van der Waals surface area contributed by atoms with E-state index in [9.17, 15) is 0 Å². The van der Waals surface area contributed by atoms with Crippen molar-refractivity contribution < 1.29 is 0 Å². The van der Waals surface area contributed by atoms with Gasteiger partial charge in [-0.2, -0.15) is 11.8 Å². The third-order valence-electron chi connectivity index (χ3n) is 0.580. The first-order chi connectivity index (χ1) is 4.31. The number of halogens is 3. The summed E-state index contributed by atoms with van der Waals surface area (Å²) in [4.78, 5) is 0. The van der Waals surface area contributed by atoms with E-state index in [0.29, 0.717) is 10.9 Å². The first-order valence-electron chi connectivity index (χ1n) is 2.39. The van der Waals surface area contributed by atoms with E-state index in [-0.39, 0.29) is 0 Å². The first kappa shape index (κ1) is 9.96. The second kappa shape index (κ2) is 7.07. The molecule has 0 aromatic heterocycles. The van der Waals surface area contributed by atoms with Crippen LogP contribution in [0.2, 0.25) is 0 Å². The molecule has 0 aliphatic heterocycles. The molecule has 0 atom stereocenters. The predicted molar refractivity (Wildman–Crippen MR) is 47.8 cm³/mol. The van der Waals surface area contributed by atoms with Gasteiger partial charge in [0.1, 0.15) is 0 Å². The van der Waals surface area contributed by atoms with Crippen LogP contribution in [-0.4, -0.2) is 17.4 Å². The fraction of sp³-hybridized carbons (Fsp3) is 0.600.